The van der Waals surface area contributed by atoms with E-state index in [9.17, 15) is 51.6 Å². The predicted molar refractivity (Wildman–Crippen MR) is 208 cm³/mol. The standard InChI is InChI=1S/C22H29F3N4O6.C17H21F3N4O4/c1-11-10-13(26-19(31)35-20(3,4)5)15-17-28-29-18(34-17)21(32,22(23,24)25)9-7-6-8-14(30)12(2)33-16(11)27-15;1-8-7-10(21)12-14-23-24-15(28-14)16(26,17(18,19)20)6-4-3-5-11(25)9(2)27-13(8)22-12/h10,12,14,30,32H,6-9H2,1-5H3,(H,26,31);7,9,11,25-26H,3-6,21H2,1-2H3/t12-,14?,21-;9-,11?,16-/m11/s1. The van der Waals surface area contributed by atoms with Crippen LogP contribution in [0.3, 0.4) is 0 Å². The van der Waals surface area contributed by atoms with E-state index in [1.54, 1.807) is 48.5 Å². The Morgan fingerprint density at radius 3 is 1.62 bits per heavy atom. The molecule has 2 aliphatic rings. The van der Waals surface area contributed by atoms with Gasteiger partial charge in [0.1, 0.15) is 17.8 Å². The largest absolute Gasteiger partial charge is 0.472 e. The number of aliphatic hydroxyl groups excluding tert-OH is 2. The van der Waals surface area contributed by atoms with Crippen molar-refractivity contribution >= 4 is 17.5 Å². The van der Waals surface area contributed by atoms with Gasteiger partial charge in [0.15, 0.2) is 11.4 Å². The van der Waals surface area contributed by atoms with Crippen LogP contribution in [0.25, 0.3) is 23.2 Å². The maximum Gasteiger partial charge on any atom is 0.426 e. The molecule has 6 rings (SSSR count). The second kappa shape index (κ2) is 18.4. The lowest BCUT2D eigenvalue weighted by Gasteiger charge is -2.27. The van der Waals surface area contributed by atoms with E-state index >= 15 is 0 Å². The molecule has 348 valence electrons. The van der Waals surface area contributed by atoms with Crippen LogP contribution in [0.1, 0.15) is 109 Å². The first-order valence-electron chi connectivity index (χ1n) is 19.9. The summed E-state index contributed by atoms with van der Waals surface area (Å²) in [5, 5.41) is 58.1. The predicted octanol–water partition coefficient (Wildman–Crippen LogP) is 6.71. The molecular formula is C39H50F6N8O10. The maximum absolute atomic E-state index is 13.9. The van der Waals surface area contributed by atoms with E-state index < -0.39 is 90.2 Å². The quantitative estimate of drug-likeness (QED) is 0.108. The summed E-state index contributed by atoms with van der Waals surface area (Å²) in [6.07, 6.45) is -15.1. The Balaban J connectivity index is 0.000000243. The Labute approximate surface area is 356 Å². The Morgan fingerprint density at radius 2 is 1.17 bits per heavy atom. The minimum Gasteiger partial charge on any atom is -0.472 e. The average Bonchev–Trinajstić information content (AvgIpc) is 3.86. The molecule has 18 nitrogen and oxygen atoms in total. The molecule has 0 radical (unpaired) electrons. The van der Waals surface area contributed by atoms with Crippen molar-refractivity contribution in [3.05, 3.63) is 35.0 Å². The van der Waals surface area contributed by atoms with Crippen LogP contribution in [-0.4, -0.2) is 99.3 Å². The molecule has 6 heterocycles. The van der Waals surface area contributed by atoms with Gasteiger partial charge in [0, 0.05) is 11.1 Å². The van der Waals surface area contributed by atoms with Gasteiger partial charge in [0.2, 0.25) is 23.0 Å². The molecule has 0 saturated carbocycles. The number of aliphatic hydroxyl groups is 4. The summed E-state index contributed by atoms with van der Waals surface area (Å²) in [4.78, 5) is 20.9. The molecule has 7 N–H and O–H groups in total. The van der Waals surface area contributed by atoms with Gasteiger partial charge in [-0.15, -0.1) is 20.4 Å². The van der Waals surface area contributed by atoms with E-state index in [-0.39, 0.29) is 78.9 Å². The molecule has 1 amide bonds. The molecule has 4 aromatic rings. The fourth-order valence-electron chi connectivity index (χ4n) is 6.46. The number of halogens is 6. The zero-order valence-corrected chi connectivity index (χ0v) is 35.4. The van der Waals surface area contributed by atoms with Crippen molar-refractivity contribution in [2.24, 2.45) is 0 Å². The molecule has 0 spiro atoms. The highest BCUT2D eigenvalue weighted by molar-refractivity contribution is 5.89. The maximum atomic E-state index is 13.9. The second-order valence-electron chi connectivity index (χ2n) is 16.5. The molecule has 63 heavy (non-hydrogen) atoms. The molecule has 8 bridgehead atoms. The van der Waals surface area contributed by atoms with Crippen LogP contribution in [0.15, 0.2) is 21.0 Å². The topological polar surface area (TPSA) is 267 Å². The van der Waals surface area contributed by atoms with Gasteiger partial charge in [-0.25, -0.2) is 14.8 Å². The molecule has 4 aromatic heterocycles. The van der Waals surface area contributed by atoms with Crippen molar-refractivity contribution in [1.82, 2.24) is 30.4 Å². The molecule has 2 unspecified atom stereocenters. The number of ether oxygens (including phenoxy) is 3. The lowest BCUT2D eigenvalue weighted by atomic mass is 9.94. The van der Waals surface area contributed by atoms with Crippen molar-refractivity contribution < 1.29 is 74.6 Å². The van der Waals surface area contributed by atoms with Crippen LogP contribution in [0.2, 0.25) is 0 Å². The van der Waals surface area contributed by atoms with Gasteiger partial charge in [-0.3, -0.25) is 5.32 Å². The smallest absolute Gasteiger partial charge is 0.426 e. The Bertz CT molecular complexity index is 2230. The lowest BCUT2D eigenvalue weighted by molar-refractivity contribution is -0.277. The number of rotatable bonds is 1. The number of nitrogens with zero attached hydrogens (tertiary/aromatic N) is 6. The number of nitrogens with two attached hydrogens (primary N) is 1. The first kappa shape index (κ1) is 48.7. The third-order valence-electron chi connectivity index (χ3n) is 10.2. The van der Waals surface area contributed by atoms with Gasteiger partial charge in [0.05, 0.1) is 23.6 Å². The highest BCUT2D eigenvalue weighted by Crippen LogP contribution is 2.45. The molecule has 0 aliphatic carbocycles. The zero-order chi connectivity index (χ0) is 46.9. The van der Waals surface area contributed by atoms with Gasteiger partial charge >= 0.3 is 18.4 Å². The van der Waals surface area contributed by atoms with E-state index in [2.05, 4.69) is 35.7 Å². The average molecular weight is 905 g/mol. The fourth-order valence-corrected chi connectivity index (χ4v) is 6.46. The molecular weight excluding hydrogens is 854 g/mol. The monoisotopic (exact) mass is 904 g/mol. The lowest BCUT2D eigenvalue weighted by Crippen LogP contribution is -2.42. The van der Waals surface area contributed by atoms with E-state index in [1.165, 1.54) is 12.1 Å². The highest BCUT2D eigenvalue weighted by Gasteiger charge is 2.59. The van der Waals surface area contributed by atoms with Crippen LogP contribution in [0.5, 0.6) is 11.8 Å². The molecule has 0 saturated heterocycles. The summed E-state index contributed by atoms with van der Waals surface area (Å²) in [6, 6.07) is 2.95. The number of hydrogen-bond acceptors (Lipinski definition) is 17. The summed E-state index contributed by atoms with van der Waals surface area (Å²) < 4.78 is 109. The number of fused-ring (bicyclic) bond motifs is 10. The molecule has 24 heteroatoms. The summed E-state index contributed by atoms with van der Waals surface area (Å²) in [5.41, 5.74) is -0.761. The summed E-state index contributed by atoms with van der Waals surface area (Å²) in [6.45, 7) is 11.5. The summed E-state index contributed by atoms with van der Waals surface area (Å²) >= 11 is 0. The summed E-state index contributed by atoms with van der Waals surface area (Å²) in [5.74, 6) is -2.71. The van der Waals surface area contributed by atoms with E-state index in [1.807, 2.05) is 0 Å². The number of nitrogen functional groups attached to an aromatic ring is 1. The van der Waals surface area contributed by atoms with Crippen molar-refractivity contribution in [2.75, 3.05) is 11.1 Å². The van der Waals surface area contributed by atoms with Crippen LogP contribution in [0, 0.1) is 13.8 Å². The number of alkyl halides is 6. The number of nitrogens with one attached hydrogen (secondary N) is 1. The van der Waals surface area contributed by atoms with Gasteiger partial charge < -0.3 is 49.2 Å². The molecule has 2 aliphatic heterocycles. The van der Waals surface area contributed by atoms with Gasteiger partial charge in [-0.1, -0.05) is 12.8 Å². The Morgan fingerprint density at radius 1 is 0.746 bits per heavy atom. The normalized spacial score (nSPS) is 24.9. The number of amides is 1. The minimum absolute atomic E-state index is 0.00939. The van der Waals surface area contributed by atoms with E-state index in [0.717, 1.165) is 0 Å². The van der Waals surface area contributed by atoms with Gasteiger partial charge in [0.25, 0.3) is 23.6 Å². The number of aryl methyl sites for hydroxylation is 2. The van der Waals surface area contributed by atoms with Crippen molar-refractivity contribution in [3.8, 4) is 34.9 Å². The molecule has 0 fully saturated rings. The number of hydrogen-bond donors (Lipinski definition) is 6. The number of carbonyl (C=O) groups is 1. The van der Waals surface area contributed by atoms with Crippen molar-refractivity contribution in [1.29, 1.82) is 0 Å². The van der Waals surface area contributed by atoms with E-state index in [4.69, 9.17) is 28.8 Å². The minimum atomic E-state index is -5.10. The molecule has 0 aromatic carbocycles. The third-order valence-corrected chi connectivity index (χ3v) is 10.2. The number of pyridine rings is 2. The zero-order valence-electron chi connectivity index (χ0n) is 35.4. The van der Waals surface area contributed by atoms with Crippen LogP contribution in [-0.2, 0) is 15.9 Å². The SMILES string of the molecule is Cc1cc(N)c2nc1O[C@H](C)C(O)CCCC[C@](O)(C(F)(F)F)c1nnc-2o1.Cc1cc(NC(=O)OC(C)(C)C)c2nc1O[C@H](C)C(O)CCCC[C@](O)(C(F)(F)F)c1nnc-2o1. The Hall–Kier alpha value is -5.33. The van der Waals surface area contributed by atoms with Crippen molar-refractivity contribution in [3.63, 3.8) is 0 Å². The fraction of sp³-hybridized carbons (Fsp3) is 0.615. The van der Waals surface area contributed by atoms with Crippen LogP contribution in [0.4, 0.5) is 42.5 Å². The van der Waals surface area contributed by atoms with Gasteiger partial charge in [-0.2, -0.15) is 26.3 Å². The van der Waals surface area contributed by atoms with Crippen LogP contribution < -0.4 is 20.5 Å². The van der Waals surface area contributed by atoms with Crippen molar-refractivity contribution in [2.45, 2.75) is 153 Å². The Kier molecular flexibility index (Phi) is 14.2. The first-order chi connectivity index (χ1) is 29.1. The first-order valence-corrected chi connectivity index (χ1v) is 19.9. The van der Waals surface area contributed by atoms with E-state index in [0.29, 0.717) is 11.1 Å². The number of anilines is 2. The number of carbonyl (C=O) groups excluding carboxylic acids is 1. The second-order valence-corrected chi connectivity index (χ2v) is 16.5. The highest BCUT2D eigenvalue weighted by atomic mass is 19.4. The van der Waals surface area contributed by atoms with Gasteiger partial charge in [-0.05, 0) is 99.1 Å². The third kappa shape index (κ3) is 11.1. The molecule has 6 atom stereocenters. The summed E-state index contributed by atoms with van der Waals surface area (Å²) in [7, 11) is 0. The number of aromatic nitrogens is 6. The van der Waals surface area contributed by atoms with Crippen LogP contribution >= 0.6 is 0 Å².